The summed E-state index contributed by atoms with van der Waals surface area (Å²) in [7, 11) is 3.19. The lowest BCUT2D eigenvalue weighted by Crippen LogP contribution is -2.29. The van der Waals surface area contributed by atoms with Crippen LogP contribution in [0.5, 0.6) is 23.0 Å². The molecule has 0 saturated carbocycles. The lowest BCUT2D eigenvalue weighted by Gasteiger charge is -2.22. The topological polar surface area (TPSA) is 103 Å². The highest BCUT2D eigenvalue weighted by molar-refractivity contribution is 7.14. The first kappa shape index (κ1) is 21.5. The number of carbonyl (C=O) groups is 1. The Morgan fingerprint density at radius 3 is 2.73 bits per heavy atom. The standard InChI is InChI=1S/C23H24N4O5S/c1-29-17-5-3-13(9-19(17)30-2)16-12-33-23(25-16)26-22(28)15-11-24-27-21(15)14-4-6-18-20(10-14)32-8-7-31-18/h3-6,9-10,12,15,21,24,27H,7-8,11H2,1-2H3,(H,25,26,28). The number of nitrogens with zero attached hydrogens (tertiary/aromatic N) is 1. The van der Waals surface area contributed by atoms with Gasteiger partial charge in [0.1, 0.15) is 13.2 Å². The van der Waals surface area contributed by atoms with Gasteiger partial charge in [-0.2, -0.15) is 0 Å². The summed E-state index contributed by atoms with van der Waals surface area (Å²) in [5.74, 6) is 2.27. The van der Waals surface area contributed by atoms with Crippen LogP contribution in [0, 0.1) is 5.92 Å². The van der Waals surface area contributed by atoms with Gasteiger partial charge in [-0.15, -0.1) is 11.3 Å². The van der Waals surface area contributed by atoms with Crippen LogP contribution < -0.4 is 35.1 Å². The minimum absolute atomic E-state index is 0.111. The third-order valence-corrected chi connectivity index (χ3v) is 6.42. The van der Waals surface area contributed by atoms with Gasteiger partial charge in [0.2, 0.25) is 5.91 Å². The van der Waals surface area contributed by atoms with Crippen molar-refractivity contribution in [3.63, 3.8) is 0 Å². The molecule has 1 fully saturated rings. The molecular formula is C23H24N4O5S. The van der Waals surface area contributed by atoms with Crippen molar-refractivity contribution < 1.29 is 23.7 Å². The second-order valence-corrected chi connectivity index (χ2v) is 8.47. The Hall–Kier alpha value is -3.34. The molecule has 0 bridgehead atoms. The number of ether oxygens (including phenoxy) is 4. The van der Waals surface area contributed by atoms with Crippen molar-refractivity contribution in [2.45, 2.75) is 6.04 Å². The lowest BCUT2D eigenvalue weighted by atomic mass is 9.94. The Morgan fingerprint density at radius 2 is 1.91 bits per heavy atom. The third-order valence-electron chi connectivity index (χ3n) is 5.66. The predicted molar refractivity (Wildman–Crippen MR) is 124 cm³/mol. The molecule has 2 aliphatic heterocycles. The first-order valence-corrected chi connectivity index (χ1v) is 11.4. The highest BCUT2D eigenvalue weighted by atomic mass is 32.1. The fourth-order valence-electron chi connectivity index (χ4n) is 3.97. The van der Waals surface area contributed by atoms with Crippen molar-refractivity contribution in [3.05, 3.63) is 47.3 Å². The van der Waals surface area contributed by atoms with Crippen molar-refractivity contribution in [2.75, 3.05) is 39.3 Å². The van der Waals surface area contributed by atoms with E-state index in [4.69, 9.17) is 18.9 Å². The summed E-state index contributed by atoms with van der Waals surface area (Å²) in [5, 5.41) is 5.41. The number of benzene rings is 2. The minimum Gasteiger partial charge on any atom is -0.493 e. The Balaban J connectivity index is 1.30. The van der Waals surface area contributed by atoms with Crippen LogP contribution in [0.15, 0.2) is 41.8 Å². The fourth-order valence-corrected chi connectivity index (χ4v) is 4.69. The molecule has 1 amide bonds. The smallest absolute Gasteiger partial charge is 0.232 e. The van der Waals surface area contributed by atoms with Gasteiger partial charge < -0.3 is 24.3 Å². The van der Waals surface area contributed by atoms with E-state index in [0.29, 0.717) is 42.1 Å². The molecule has 33 heavy (non-hydrogen) atoms. The summed E-state index contributed by atoms with van der Waals surface area (Å²) in [6.45, 7) is 1.56. The molecular weight excluding hydrogens is 444 g/mol. The highest BCUT2D eigenvalue weighted by Crippen LogP contribution is 2.36. The molecule has 3 aromatic rings. The summed E-state index contributed by atoms with van der Waals surface area (Å²) in [6.07, 6.45) is 0. The fraction of sp³-hybridized carbons (Fsp3) is 0.304. The van der Waals surface area contributed by atoms with E-state index in [1.54, 1.807) is 14.2 Å². The van der Waals surface area contributed by atoms with Gasteiger partial charge in [-0.05, 0) is 35.9 Å². The van der Waals surface area contributed by atoms with Gasteiger partial charge in [0.25, 0.3) is 0 Å². The van der Waals surface area contributed by atoms with E-state index in [9.17, 15) is 4.79 Å². The van der Waals surface area contributed by atoms with Gasteiger partial charge in [0.05, 0.1) is 31.9 Å². The number of hydrogen-bond acceptors (Lipinski definition) is 9. The van der Waals surface area contributed by atoms with E-state index < -0.39 is 0 Å². The Morgan fingerprint density at radius 1 is 1.09 bits per heavy atom. The largest absolute Gasteiger partial charge is 0.493 e. The molecule has 3 heterocycles. The molecule has 10 heteroatoms. The summed E-state index contributed by atoms with van der Waals surface area (Å²) >= 11 is 1.38. The number of hydrazine groups is 1. The molecule has 5 rings (SSSR count). The lowest BCUT2D eigenvalue weighted by molar-refractivity contribution is -0.119. The molecule has 1 saturated heterocycles. The molecule has 1 aromatic heterocycles. The monoisotopic (exact) mass is 468 g/mol. The first-order valence-electron chi connectivity index (χ1n) is 10.5. The molecule has 0 spiro atoms. The summed E-state index contributed by atoms with van der Waals surface area (Å²) in [6, 6.07) is 11.2. The van der Waals surface area contributed by atoms with Crippen LogP contribution in [0.4, 0.5) is 5.13 Å². The van der Waals surface area contributed by atoms with Crippen molar-refractivity contribution in [3.8, 4) is 34.3 Å². The summed E-state index contributed by atoms with van der Waals surface area (Å²) in [4.78, 5) is 17.7. The van der Waals surface area contributed by atoms with Crippen LogP contribution in [0.2, 0.25) is 0 Å². The number of nitrogens with one attached hydrogen (secondary N) is 3. The second-order valence-electron chi connectivity index (χ2n) is 7.61. The van der Waals surface area contributed by atoms with E-state index in [0.717, 1.165) is 22.6 Å². The molecule has 172 valence electrons. The SMILES string of the molecule is COc1ccc(-c2csc(NC(=O)C3CNNC3c3ccc4c(c3)OCCO4)n2)cc1OC. The maximum atomic E-state index is 13.1. The number of carbonyl (C=O) groups excluding carboxylic acids is 1. The van der Waals surface area contributed by atoms with Gasteiger partial charge >= 0.3 is 0 Å². The number of methoxy groups -OCH3 is 2. The molecule has 2 unspecified atom stereocenters. The number of thiazole rings is 1. The zero-order chi connectivity index (χ0) is 22.8. The highest BCUT2D eigenvalue weighted by Gasteiger charge is 2.35. The Labute approximate surface area is 195 Å². The van der Waals surface area contributed by atoms with E-state index in [-0.39, 0.29) is 17.9 Å². The van der Waals surface area contributed by atoms with Crippen LogP contribution in [-0.2, 0) is 4.79 Å². The number of hydrogen-bond donors (Lipinski definition) is 3. The van der Waals surface area contributed by atoms with Gasteiger partial charge in [-0.3, -0.25) is 10.2 Å². The Kier molecular flexibility index (Phi) is 6.03. The van der Waals surface area contributed by atoms with Crippen molar-refractivity contribution >= 4 is 22.4 Å². The zero-order valence-electron chi connectivity index (χ0n) is 18.2. The molecule has 3 N–H and O–H groups in total. The van der Waals surface area contributed by atoms with E-state index in [1.165, 1.54) is 11.3 Å². The molecule has 2 aliphatic rings. The van der Waals surface area contributed by atoms with Crippen molar-refractivity contribution in [1.29, 1.82) is 0 Å². The summed E-state index contributed by atoms with van der Waals surface area (Å²) < 4.78 is 22.0. The van der Waals surface area contributed by atoms with Gasteiger partial charge in [0, 0.05) is 17.5 Å². The van der Waals surface area contributed by atoms with Gasteiger partial charge in [0.15, 0.2) is 28.1 Å². The number of amides is 1. The first-order chi connectivity index (χ1) is 16.2. The normalized spacial score (nSPS) is 19.2. The maximum Gasteiger partial charge on any atom is 0.232 e. The van der Waals surface area contributed by atoms with Crippen LogP contribution in [-0.4, -0.2) is 44.9 Å². The summed E-state index contributed by atoms with van der Waals surface area (Å²) in [5.41, 5.74) is 8.88. The van der Waals surface area contributed by atoms with Crippen LogP contribution in [0.1, 0.15) is 11.6 Å². The van der Waals surface area contributed by atoms with E-state index >= 15 is 0 Å². The zero-order valence-corrected chi connectivity index (χ0v) is 19.0. The number of anilines is 1. The van der Waals surface area contributed by atoms with Crippen LogP contribution in [0.3, 0.4) is 0 Å². The molecule has 2 atom stereocenters. The predicted octanol–water partition coefficient (Wildman–Crippen LogP) is 3.00. The number of aromatic nitrogens is 1. The Bertz CT molecular complexity index is 1170. The molecule has 0 aliphatic carbocycles. The molecule has 2 aromatic carbocycles. The average molecular weight is 469 g/mol. The van der Waals surface area contributed by atoms with Gasteiger partial charge in [-0.25, -0.2) is 10.4 Å². The van der Waals surface area contributed by atoms with E-state index in [1.807, 2.05) is 41.8 Å². The van der Waals surface area contributed by atoms with Crippen LogP contribution in [0.25, 0.3) is 11.3 Å². The van der Waals surface area contributed by atoms with Crippen molar-refractivity contribution in [2.24, 2.45) is 5.92 Å². The average Bonchev–Trinajstić information content (AvgIpc) is 3.53. The minimum atomic E-state index is -0.319. The van der Waals surface area contributed by atoms with Crippen molar-refractivity contribution in [1.82, 2.24) is 15.8 Å². The molecule has 9 nitrogen and oxygen atoms in total. The maximum absolute atomic E-state index is 13.1. The third kappa shape index (κ3) is 4.32. The number of fused-ring (bicyclic) bond motifs is 1. The number of rotatable bonds is 6. The second kappa shape index (κ2) is 9.26. The quantitative estimate of drug-likeness (QED) is 0.507. The van der Waals surface area contributed by atoms with E-state index in [2.05, 4.69) is 21.2 Å². The van der Waals surface area contributed by atoms with Crippen LogP contribution >= 0.6 is 11.3 Å². The van der Waals surface area contributed by atoms with Gasteiger partial charge in [-0.1, -0.05) is 6.07 Å². The molecule has 0 radical (unpaired) electrons.